The van der Waals surface area contributed by atoms with E-state index in [0.717, 1.165) is 6.92 Å². The van der Waals surface area contributed by atoms with E-state index in [9.17, 15) is 38.7 Å². The first-order valence-corrected chi connectivity index (χ1v) is 10.0. The zero-order valence-corrected chi connectivity index (χ0v) is 18.4. The Labute approximate surface area is 193 Å². The number of aliphatic hydroxyl groups excluding tert-OH is 1. The summed E-state index contributed by atoms with van der Waals surface area (Å²) in [5.41, 5.74) is 15.5. The van der Waals surface area contributed by atoms with E-state index in [-0.39, 0.29) is 12.8 Å². The number of aliphatic hydroxyl groups is 1. The number of hydrogen-bond acceptors (Lipinski definition) is 9. The fourth-order valence-electron chi connectivity index (χ4n) is 2.57. The number of carboxylic acids is 2. The monoisotopic (exact) mass is 490 g/mol. The van der Waals surface area contributed by atoms with E-state index in [0.29, 0.717) is 0 Å². The van der Waals surface area contributed by atoms with Gasteiger partial charge in [-0.2, -0.15) is 0 Å². The lowest BCUT2D eigenvalue weighted by Crippen LogP contribution is -2.60. The van der Waals surface area contributed by atoms with Crippen molar-refractivity contribution in [3.63, 3.8) is 0 Å². The molecule has 0 aromatic carbocycles. The molecule has 5 atom stereocenters. The maximum absolute atomic E-state index is 12.6. The Morgan fingerprint density at radius 1 is 0.765 bits per heavy atom. The second-order valence-electron chi connectivity index (χ2n) is 7.40. The number of hydrogen-bond donors (Lipinski definition) is 9. The van der Waals surface area contributed by atoms with Gasteiger partial charge < -0.3 is 48.5 Å². The minimum atomic E-state index is -1.75. The number of rotatable bonds is 16. The molecule has 5 unspecified atom stereocenters. The number of aliphatic carboxylic acids is 2. The van der Waals surface area contributed by atoms with Crippen LogP contribution in [0.2, 0.25) is 0 Å². The van der Waals surface area contributed by atoms with Crippen molar-refractivity contribution < 1.29 is 48.9 Å². The molecular formula is C18H30N6O10. The summed E-state index contributed by atoms with van der Waals surface area (Å²) in [4.78, 5) is 81.3. The molecule has 0 fully saturated rings. The smallest absolute Gasteiger partial charge is 0.326 e. The maximum Gasteiger partial charge on any atom is 0.326 e. The van der Waals surface area contributed by atoms with Crippen molar-refractivity contribution in [2.24, 2.45) is 17.2 Å². The molecule has 0 aromatic heterocycles. The Hall–Kier alpha value is -3.79. The van der Waals surface area contributed by atoms with E-state index >= 15 is 0 Å². The molecule has 0 saturated carbocycles. The molecule has 0 saturated heterocycles. The second-order valence-corrected chi connectivity index (χ2v) is 7.40. The van der Waals surface area contributed by atoms with Crippen molar-refractivity contribution in [2.75, 3.05) is 0 Å². The highest BCUT2D eigenvalue weighted by atomic mass is 16.4. The third-order valence-corrected chi connectivity index (χ3v) is 4.40. The molecule has 0 aromatic rings. The van der Waals surface area contributed by atoms with Crippen LogP contribution in [0, 0.1) is 0 Å². The van der Waals surface area contributed by atoms with Gasteiger partial charge in [-0.15, -0.1) is 0 Å². The number of carbonyl (C=O) groups is 7. The quantitative estimate of drug-likeness (QED) is 0.0988. The maximum atomic E-state index is 12.6. The molecule has 0 aliphatic heterocycles. The molecule has 0 bridgehead atoms. The Kier molecular flexibility index (Phi) is 12.8. The summed E-state index contributed by atoms with van der Waals surface area (Å²) >= 11 is 0. The van der Waals surface area contributed by atoms with Crippen LogP contribution in [0.5, 0.6) is 0 Å². The highest BCUT2D eigenvalue weighted by Gasteiger charge is 2.33. The SMILES string of the molecule is CC(O)C(NC(=O)C(N)CCC(N)=O)C(=O)NC(CCC(=O)O)C(=O)NC(CC(N)=O)C(=O)O. The Balaban J connectivity index is 5.49. The van der Waals surface area contributed by atoms with Gasteiger partial charge in [-0.25, -0.2) is 4.79 Å². The van der Waals surface area contributed by atoms with Crippen LogP contribution in [-0.2, 0) is 33.6 Å². The molecule has 12 N–H and O–H groups in total. The van der Waals surface area contributed by atoms with Crippen molar-refractivity contribution in [2.45, 2.75) is 69.3 Å². The zero-order chi connectivity index (χ0) is 26.6. The average Bonchev–Trinajstić information content (AvgIpc) is 2.71. The largest absolute Gasteiger partial charge is 0.481 e. The molecule has 0 spiro atoms. The van der Waals surface area contributed by atoms with Gasteiger partial charge in [0.15, 0.2) is 0 Å². The van der Waals surface area contributed by atoms with E-state index in [1.54, 1.807) is 0 Å². The summed E-state index contributed by atoms with van der Waals surface area (Å²) in [7, 11) is 0. The van der Waals surface area contributed by atoms with Gasteiger partial charge in [-0.05, 0) is 19.8 Å². The molecular weight excluding hydrogens is 460 g/mol. The van der Waals surface area contributed by atoms with Crippen LogP contribution >= 0.6 is 0 Å². The molecule has 16 heteroatoms. The van der Waals surface area contributed by atoms with Gasteiger partial charge in [0.1, 0.15) is 18.1 Å². The van der Waals surface area contributed by atoms with E-state index < -0.39 is 91.0 Å². The second kappa shape index (κ2) is 14.4. The van der Waals surface area contributed by atoms with Crippen LogP contribution in [0.1, 0.15) is 39.0 Å². The molecule has 5 amide bonds. The first kappa shape index (κ1) is 30.2. The minimum absolute atomic E-state index is 0.143. The van der Waals surface area contributed by atoms with Gasteiger partial charge in [0.2, 0.25) is 29.5 Å². The minimum Gasteiger partial charge on any atom is -0.481 e. The summed E-state index contributed by atoms with van der Waals surface area (Å²) in [5.74, 6) is -7.86. The summed E-state index contributed by atoms with van der Waals surface area (Å²) < 4.78 is 0. The van der Waals surface area contributed by atoms with E-state index in [1.165, 1.54) is 0 Å². The third-order valence-electron chi connectivity index (χ3n) is 4.40. The highest BCUT2D eigenvalue weighted by molar-refractivity contribution is 5.95. The summed E-state index contributed by atoms with van der Waals surface area (Å²) in [6, 6.07) is -6.25. The average molecular weight is 490 g/mol. The molecule has 0 heterocycles. The predicted molar refractivity (Wildman–Crippen MR) is 112 cm³/mol. The van der Waals surface area contributed by atoms with E-state index in [4.69, 9.17) is 27.4 Å². The van der Waals surface area contributed by atoms with Crippen molar-refractivity contribution in [3.8, 4) is 0 Å². The summed E-state index contributed by atoms with van der Waals surface area (Å²) in [6.07, 6.45) is -3.74. The number of nitrogens with one attached hydrogen (secondary N) is 3. The topological polar surface area (TPSA) is 294 Å². The van der Waals surface area contributed by atoms with Crippen LogP contribution < -0.4 is 33.2 Å². The number of primary amides is 2. The summed E-state index contributed by atoms with van der Waals surface area (Å²) in [5, 5.41) is 34.2. The number of amides is 5. The Morgan fingerprint density at radius 2 is 1.32 bits per heavy atom. The van der Waals surface area contributed by atoms with Crippen molar-refractivity contribution in [1.29, 1.82) is 0 Å². The standard InChI is InChI=1S/C18H30N6O10/c1-7(25)14(24-15(30)8(19)2-4-11(20)26)17(32)22-9(3-5-13(28)29)16(31)23-10(18(33)34)6-12(21)27/h7-10,14,25H,2-6,19H2,1H3,(H2,20,26)(H2,21,27)(H,22,32)(H,23,31)(H,24,30)(H,28,29)(H,33,34). The van der Waals surface area contributed by atoms with Gasteiger partial charge >= 0.3 is 11.9 Å². The lowest BCUT2D eigenvalue weighted by Gasteiger charge is -2.26. The van der Waals surface area contributed by atoms with Crippen molar-refractivity contribution >= 4 is 41.5 Å². The molecule has 16 nitrogen and oxygen atoms in total. The van der Waals surface area contributed by atoms with Crippen molar-refractivity contribution in [3.05, 3.63) is 0 Å². The van der Waals surface area contributed by atoms with Gasteiger partial charge in [0, 0.05) is 12.8 Å². The van der Waals surface area contributed by atoms with Gasteiger partial charge in [0.05, 0.1) is 18.6 Å². The molecule has 34 heavy (non-hydrogen) atoms. The normalized spacial score (nSPS) is 15.0. The summed E-state index contributed by atoms with van der Waals surface area (Å²) in [6.45, 7) is 1.14. The zero-order valence-electron chi connectivity index (χ0n) is 18.4. The molecule has 192 valence electrons. The molecule has 0 aliphatic rings. The van der Waals surface area contributed by atoms with E-state index in [2.05, 4.69) is 10.6 Å². The van der Waals surface area contributed by atoms with Crippen LogP contribution in [0.15, 0.2) is 0 Å². The lowest BCUT2D eigenvalue weighted by molar-refractivity contribution is -0.144. The first-order chi connectivity index (χ1) is 15.6. The number of carbonyl (C=O) groups excluding carboxylic acids is 5. The molecule has 0 rings (SSSR count). The fraction of sp³-hybridized carbons (Fsp3) is 0.611. The molecule has 0 radical (unpaired) electrons. The third kappa shape index (κ3) is 11.7. The predicted octanol–water partition coefficient (Wildman–Crippen LogP) is -4.76. The Bertz CT molecular complexity index is 802. The number of carboxylic acid groups (broad SMARTS) is 2. The molecule has 0 aliphatic carbocycles. The van der Waals surface area contributed by atoms with Crippen LogP contribution in [-0.4, -0.2) is 87.1 Å². The number of nitrogens with two attached hydrogens (primary N) is 3. The highest BCUT2D eigenvalue weighted by Crippen LogP contribution is 2.04. The Morgan fingerprint density at radius 3 is 1.76 bits per heavy atom. The van der Waals surface area contributed by atoms with Gasteiger partial charge in [0.25, 0.3) is 0 Å². The van der Waals surface area contributed by atoms with Gasteiger partial charge in [-0.1, -0.05) is 0 Å². The first-order valence-electron chi connectivity index (χ1n) is 10.0. The fourth-order valence-corrected chi connectivity index (χ4v) is 2.57. The van der Waals surface area contributed by atoms with Crippen molar-refractivity contribution in [1.82, 2.24) is 16.0 Å². The lowest BCUT2D eigenvalue weighted by atomic mass is 10.1. The van der Waals surface area contributed by atoms with Gasteiger partial charge in [-0.3, -0.25) is 28.8 Å². The van der Waals surface area contributed by atoms with Crippen LogP contribution in [0.3, 0.4) is 0 Å². The van der Waals surface area contributed by atoms with Crippen LogP contribution in [0.4, 0.5) is 0 Å². The van der Waals surface area contributed by atoms with Crippen LogP contribution in [0.25, 0.3) is 0 Å². The van der Waals surface area contributed by atoms with E-state index in [1.807, 2.05) is 5.32 Å².